The van der Waals surface area contributed by atoms with Crippen molar-refractivity contribution in [1.29, 1.82) is 0 Å². The van der Waals surface area contributed by atoms with Crippen molar-refractivity contribution in [3.05, 3.63) is 48.6 Å². The van der Waals surface area contributed by atoms with Gasteiger partial charge < -0.3 is 5.32 Å². The summed E-state index contributed by atoms with van der Waals surface area (Å²) in [5.74, 6) is 0.464. The summed E-state index contributed by atoms with van der Waals surface area (Å²) in [6.07, 6.45) is 21.7. The molecule has 2 nitrogen and oxygen atoms in total. The van der Waals surface area contributed by atoms with Crippen LogP contribution in [0, 0.1) is 5.92 Å². The Labute approximate surface area is 130 Å². The average molecular weight is 289 g/mol. The van der Waals surface area contributed by atoms with Gasteiger partial charge in [-0.15, -0.1) is 0 Å². The van der Waals surface area contributed by atoms with Crippen molar-refractivity contribution < 1.29 is 4.79 Å². The van der Waals surface area contributed by atoms with Crippen LogP contribution >= 0.6 is 0 Å². The van der Waals surface area contributed by atoms with Gasteiger partial charge in [0.05, 0.1) is 0 Å². The molecule has 2 heteroatoms. The van der Waals surface area contributed by atoms with Crippen molar-refractivity contribution >= 4 is 5.91 Å². The minimum atomic E-state index is -0.0227. The Hall–Kier alpha value is -1.57. The zero-order chi connectivity index (χ0) is 15.8. The van der Waals surface area contributed by atoms with Gasteiger partial charge >= 0.3 is 0 Å². The highest BCUT2D eigenvalue weighted by molar-refractivity contribution is 5.87. The number of nitrogens with one attached hydrogen (secondary N) is 1. The summed E-state index contributed by atoms with van der Waals surface area (Å²) in [7, 11) is 0. The van der Waals surface area contributed by atoms with Crippen LogP contribution in [0.15, 0.2) is 48.6 Å². The van der Waals surface area contributed by atoms with Crippen molar-refractivity contribution in [2.75, 3.05) is 6.54 Å². The van der Waals surface area contributed by atoms with E-state index in [1.165, 1.54) is 19.3 Å². The van der Waals surface area contributed by atoms with Gasteiger partial charge in [0.15, 0.2) is 0 Å². The zero-order valence-electron chi connectivity index (χ0n) is 13.8. The van der Waals surface area contributed by atoms with Crippen LogP contribution in [-0.4, -0.2) is 12.5 Å². The highest BCUT2D eigenvalue weighted by atomic mass is 16.1. The third kappa shape index (κ3) is 16.4. The first-order chi connectivity index (χ1) is 10.2. The van der Waals surface area contributed by atoms with Crippen LogP contribution in [0.25, 0.3) is 0 Å². The maximum absolute atomic E-state index is 11.4. The van der Waals surface area contributed by atoms with Crippen LogP contribution in [0.1, 0.15) is 52.9 Å². The van der Waals surface area contributed by atoms with E-state index in [0.29, 0.717) is 5.92 Å². The third-order valence-electron chi connectivity index (χ3n) is 2.79. The van der Waals surface area contributed by atoms with Gasteiger partial charge in [-0.05, 0) is 25.2 Å². The van der Waals surface area contributed by atoms with Crippen LogP contribution in [0.2, 0.25) is 0 Å². The van der Waals surface area contributed by atoms with E-state index in [0.717, 1.165) is 19.4 Å². The van der Waals surface area contributed by atoms with Gasteiger partial charge in [0.2, 0.25) is 5.91 Å². The molecular weight excluding hydrogens is 258 g/mol. The minimum absolute atomic E-state index is 0.0227. The van der Waals surface area contributed by atoms with E-state index in [1.54, 1.807) is 12.2 Å². The van der Waals surface area contributed by atoms with Gasteiger partial charge in [-0.25, -0.2) is 0 Å². The summed E-state index contributed by atoms with van der Waals surface area (Å²) in [5, 5.41) is 2.84. The fraction of sp³-hybridized carbons (Fsp3) is 0.526. The van der Waals surface area contributed by atoms with Crippen LogP contribution < -0.4 is 5.32 Å². The van der Waals surface area contributed by atoms with Gasteiger partial charge in [0, 0.05) is 12.6 Å². The lowest BCUT2D eigenvalue weighted by atomic mass is 10.2. The van der Waals surface area contributed by atoms with E-state index < -0.39 is 0 Å². The number of rotatable bonds is 11. The Morgan fingerprint density at radius 3 is 2.10 bits per heavy atom. The van der Waals surface area contributed by atoms with Crippen LogP contribution in [0.3, 0.4) is 0 Å². The molecule has 0 aromatic carbocycles. The quantitative estimate of drug-likeness (QED) is 0.325. The molecule has 0 aliphatic carbocycles. The largest absolute Gasteiger partial charge is 0.352 e. The molecular formula is C19H31NO. The zero-order valence-corrected chi connectivity index (χ0v) is 13.8. The molecule has 1 N–H and O–H groups in total. The van der Waals surface area contributed by atoms with Crippen LogP contribution in [-0.2, 0) is 4.79 Å². The number of amides is 1. The van der Waals surface area contributed by atoms with E-state index in [-0.39, 0.29) is 5.91 Å². The van der Waals surface area contributed by atoms with Crippen molar-refractivity contribution in [3.63, 3.8) is 0 Å². The lowest BCUT2D eigenvalue weighted by Gasteiger charge is -2.03. The van der Waals surface area contributed by atoms with Crippen molar-refractivity contribution in [2.24, 2.45) is 5.92 Å². The van der Waals surface area contributed by atoms with Crippen molar-refractivity contribution in [1.82, 2.24) is 5.32 Å². The van der Waals surface area contributed by atoms with E-state index in [9.17, 15) is 4.79 Å². The maximum atomic E-state index is 11.4. The fourth-order valence-corrected chi connectivity index (χ4v) is 1.55. The summed E-state index contributed by atoms with van der Waals surface area (Å²) in [6, 6.07) is 0. The SMILES string of the molecule is CCCC/C=C/C=C\CC/C=C/C=C/C(=O)NCC(C)C. The van der Waals surface area contributed by atoms with Gasteiger partial charge in [0.1, 0.15) is 0 Å². The molecule has 0 bridgehead atoms. The summed E-state index contributed by atoms with van der Waals surface area (Å²) in [5.41, 5.74) is 0. The standard InChI is InChI=1S/C19H31NO/c1-4-5-6-7-8-9-10-11-12-13-14-15-16-19(21)20-17-18(2)3/h7-10,13-16,18H,4-6,11-12,17H2,1-3H3,(H,20,21)/b8-7+,10-9-,14-13+,16-15+. The monoisotopic (exact) mass is 289 g/mol. The molecule has 0 fully saturated rings. The Morgan fingerprint density at radius 1 is 0.952 bits per heavy atom. The Bertz CT molecular complexity index is 362. The molecule has 0 unspecified atom stereocenters. The van der Waals surface area contributed by atoms with Crippen molar-refractivity contribution in [3.8, 4) is 0 Å². The summed E-state index contributed by atoms with van der Waals surface area (Å²) in [4.78, 5) is 11.4. The number of carbonyl (C=O) groups excluding carboxylic acids is 1. The highest BCUT2D eigenvalue weighted by Gasteiger charge is 1.95. The molecule has 21 heavy (non-hydrogen) atoms. The normalized spacial score (nSPS) is 12.6. The van der Waals surface area contributed by atoms with Crippen LogP contribution in [0.5, 0.6) is 0 Å². The first kappa shape index (κ1) is 19.4. The molecule has 0 heterocycles. The maximum Gasteiger partial charge on any atom is 0.243 e. The summed E-state index contributed by atoms with van der Waals surface area (Å²) < 4.78 is 0. The molecule has 0 aromatic rings. The average Bonchev–Trinajstić information content (AvgIpc) is 2.46. The molecule has 0 aromatic heterocycles. The molecule has 0 saturated heterocycles. The lowest BCUT2D eigenvalue weighted by molar-refractivity contribution is -0.116. The molecule has 0 aliphatic rings. The Kier molecular flexibility index (Phi) is 13.7. The van der Waals surface area contributed by atoms with Crippen LogP contribution in [0.4, 0.5) is 0 Å². The molecule has 0 radical (unpaired) electrons. The second kappa shape index (κ2) is 14.8. The van der Waals surface area contributed by atoms with E-state index in [1.807, 2.05) is 6.08 Å². The van der Waals surface area contributed by atoms with E-state index >= 15 is 0 Å². The number of hydrogen-bond donors (Lipinski definition) is 1. The van der Waals surface area contributed by atoms with Gasteiger partial charge in [-0.1, -0.05) is 76.1 Å². The number of carbonyl (C=O) groups is 1. The third-order valence-corrected chi connectivity index (χ3v) is 2.79. The Morgan fingerprint density at radius 2 is 1.52 bits per heavy atom. The molecule has 0 atom stereocenters. The second-order valence-corrected chi connectivity index (χ2v) is 5.50. The molecule has 118 valence electrons. The number of allylic oxidation sites excluding steroid dienone is 7. The van der Waals surface area contributed by atoms with Gasteiger partial charge in [-0.3, -0.25) is 4.79 Å². The van der Waals surface area contributed by atoms with E-state index in [4.69, 9.17) is 0 Å². The molecule has 0 aliphatic heterocycles. The molecule has 0 spiro atoms. The fourth-order valence-electron chi connectivity index (χ4n) is 1.55. The number of unbranched alkanes of at least 4 members (excludes halogenated alkanes) is 3. The van der Waals surface area contributed by atoms with E-state index in [2.05, 4.69) is 56.5 Å². The first-order valence-electron chi connectivity index (χ1n) is 8.09. The van der Waals surface area contributed by atoms with Crippen molar-refractivity contribution in [2.45, 2.75) is 52.9 Å². The Balaban J connectivity index is 3.61. The highest BCUT2D eigenvalue weighted by Crippen LogP contribution is 1.97. The molecule has 0 rings (SSSR count). The predicted octanol–water partition coefficient (Wildman–Crippen LogP) is 4.95. The minimum Gasteiger partial charge on any atom is -0.352 e. The summed E-state index contributed by atoms with van der Waals surface area (Å²) in [6.45, 7) is 7.09. The predicted molar refractivity (Wildman–Crippen MR) is 93.2 cm³/mol. The second-order valence-electron chi connectivity index (χ2n) is 5.50. The summed E-state index contributed by atoms with van der Waals surface area (Å²) >= 11 is 0. The molecule has 0 saturated carbocycles. The van der Waals surface area contributed by atoms with Gasteiger partial charge in [0.25, 0.3) is 0 Å². The molecule has 1 amide bonds. The lowest BCUT2D eigenvalue weighted by Crippen LogP contribution is -2.25. The smallest absolute Gasteiger partial charge is 0.243 e. The first-order valence-corrected chi connectivity index (χ1v) is 8.09. The topological polar surface area (TPSA) is 29.1 Å². The number of hydrogen-bond acceptors (Lipinski definition) is 1. The van der Waals surface area contributed by atoms with Gasteiger partial charge in [-0.2, -0.15) is 0 Å².